The molecule has 1 saturated heterocycles. The Bertz CT molecular complexity index is 1240. The van der Waals surface area contributed by atoms with Gasteiger partial charge in [-0.3, -0.25) is 9.52 Å². The summed E-state index contributed by atoms with van der Waals surface area (Å²) in [6, 6.07) is 10.2. The lowest BCUT2D eigenvalue weighted by atomic mass is 9.88. The van der Waals surface area contributed by atoms with Gasteiger partial charge in [-0.2, -0.15) is 0 Å². The molecule has 0 atom stereocenters. The molecule has 32 heavy (non-hydrogen) atoms. The van der Waals surface area contributed by atoms with Gasteiger partial charge in [-0.15, -0.1) is 0 Å². The van der Waals surface area contributed by atoms with E-state index in [2.05, 4.69) is 15.5 Å². The number of aryl methyl sites for hydroxylation is 1. The van der Waals surface area contributed by atoms with Crippen LogP contribution in [0.1, 0.15) is 38.2 Å². The molecular formula is C24H28FN3O3S. The molecule has 0 unspecified atom stereocenters. The summed E-state index contributed by atoms with van der Waals surface area (Å²) < 4.78 is 43.3. The molecular weight excluding hydrogens is 429 g/mol. The molecule has 2 heterocycles. The van der Waals surface area contributed by atoms with E-state index in [4.69, 9.17) is 0 Å². The van der Waals surface area contributed by atoms with Crippen LogP contribution in [-0.2, 0) is 21.9 Å². The number of fused-ring (bicyclic) bond motifs is 1. The first-order valence-electron chi connectivity index (χ1n) is 10.8. The van der Waals surface area contributed by atoms with Crippen LogP contribution in [0.25, 0.3) is 10.9 Å². The van der Waals surface area contributed by atoms with Gasteiger partial charge in [0.25, 0.3) is 10.0 Å². The van der Waals surface area contributed by atoms with Crippen molar-refractivity contribution < 1.29 is 17.6 Å². The van der Waals surface area contributed by atoms with Gasteiger partial charge in [0, 0.05) is 48.8 Å². The Labute approximate surface area is 188 Å². The highest BCUT2D eigenvalue weighted by Crippen LogP contribution is 2.36. The SMILES string of the molecule is CC(C)C(=O)N1CCC(c2cn(C)c3ccc(NS(=O)(=O)c4ccc(F)cc4)cc23)CC1. The van der Waals surface area contributed by atoms with Gasteiger partial charge in [-0.1, -0.05) is 13.8 Å². The average Bonchev–Trinajstić information content (AvgIpc) is 3.09. The first-order valence-corrected chi connectivity index (χ1v) is 12.3. The summed E-state index contributed by atoms with van der Waals surface area (Å²) in [5, 5.41) is 1.00. The van der Waals surface area contributed by atoms with Crippen molar-refractivity contribution in [3.05, 3.63) is 60.0 Å². The van der Waals surface area contributed by atoms with E-state index in [1.807, 2.05) is 37.9 Å². The maximum atomic E-state index is 13.2. The van der Waals surface area contributed by atoms with E-state index in [1.54, 1.807) is 6.07 Å². The molecule has 0 bridgehead atoms. The van der Waals surface area contributed by atoms with Crippen LogP contribution >= 0.6 is 0 Å². The Kier molecular flexibility index (Phi) is 5.99. The average molecular weight is 458 g/mol. The summed E-state index contributed by atoms with van der Waals surface area (Å²) in [7, 11) is -1.84. The van der Waals surface area contributed by atoms with Crippen molar-refractivity contribution in [2.75, 3.05) is 17.8 Å². The summed E-state index contributed by atoms with van der Waals surface area (Å²) in [5.74, 6) is 0.0129. The minimum Gasteiger partial charge on any atom is -0.350 e. The van der Waals surface area contributed by atoms with Gasteiger partial charge < -0.3 is 9.47 Å². The quantitative estimate of drug-likeness (QED) is 0.614. The molecule has 170 valence electrons. The molecule has 1 N–H and O–H groups in total. The number of amides is 1. The highest BCUT2D eigenvalue weighted by molar-refractivity contribution is 7.92. The third-order valence-electron chi connectivity index (χ3n) is 6.14. The van der Waals surface area contributed by atoms with E-state index in [0.717, 1.165) is 49.0 Å². The van der Waals surface area contributed by atoms with Gasteiger partial charge in [-0.25, -0.2) is 12.8 Å². The topological polar surface area (TPSA) is 71.4 Å². The molecule has 6 nitrogen and oxygen atoms in total. The Hall–Kier alpha value is -2.87. The highest BCUT2D eigenvalue weighted by Gasteiger charge is 2.27. The van der Waals surface area contributed by atoms with Crippen molar-refractivity contribution in [2.45, 2.75) is 37.5 Å². The van der Waals surface area contributed by atoms with Crippen molar-refractivity contribution in [3.63, 3.8) is 0 Å². The van der Waals surface area contributed by atoms with Crippen LogP contribution in [0.3, 0.4) is 0 Å². The molecule has 0 spiro atoms. The molecule has 1 aliphatic heterocycles. The van der Waals surface area contributed by atoms with E-state index in [9.17, 15) is 17.6 Å². The Morgan fingerprint density at radius 3 is 2.38 bits per heavy atom. The first-order chi connectivity index (χ1) is 15.2. The molecule has 2 aromatic carbocycles. The fraction of sp³-hybridized carbons (Fsp3) is 0.375. The number of hydrogen-bond acceptors (Lipinski definition) is 3. The largest absolute Gasteiger partial charge is 0.350 e. The number of anilines is 1. The van der Waals surface area contributed by atoms with Gasteiger partial charge in [0.2, 0.25) is 5.91 Å². The summed E-state index contributed by atoms with van der Waals surface area (Å²) in [5.41, 5.74) is 2.65. The normalized spacial score (nSPS) is 15.5. The summed E-state index contributed by atoms with van der Waals surface area (Å²) in [6.45, 7) is 5.31. The van der Waals surface area contributed by atoms with Crippen LogP contribution in [0.15, 0.2) is 53.6 Å². The number of piperidine rings is 1. The number of hydrogen-bond donors (Lipinski definition) is 1. The van der Waals surface area contributed by atoms with Crippen LogP contribution in [0, 0.1) is 11.7 Å². The third kappa shape index (κ3) is 4.37. The van der Waals surface area contributed by atoms with Crippen molar-refractivity contribution in [1.29, 1.82) is 0 Å². The van der Waals surface area contributed by atoms with Gasteiger partial charge in [-0.05, 0) is 66.8 Å². The van der Waals surface area contributed by atoms with Gasteiger partial charge in [0.1, 0.15) is 5.82 Å². The first kappa shape index (κ1) is 22.3. The van der Waals surface area contributed by atoms with Crippen LogP contribution in [0.5, 0.6) is 0 Å². The minimum absolute atomic E-state index is 0.000735. The monoisotopic (exact) mass is 457 g/mol. The fourth-order valence-corrected chi connectivity index (χ4v) is 5.46. The predicted molar refractivity (Wildman–Crippen MR) is 124 cm³/mol. The summed E-state index contributed by atoms with van der Waals surface area (Å²) in [4.78, 5) is 14.3. The zero-order valence-corrected chi connectivity index (χ0v) is 19.3. The Morgan fingerprint density at radius 1 is 1.09 bits per heavy atom. The molecule has 8 heteroatoms. The molecule has 4 rings (SSSR count). The lowest BCUT2D eigenvalue weighted by Crippen LogP contribution is -2.40. The second-order valence-electron chi connectivity index (χ2n) is 8.74. The van der Waals surface area contributed by atoms with Crippen LogP contribution in [0.4, 0.5) is 10.1 Å². The second kappa shape index (κ2) is 8.58. The zero-order valence-electron chi connectivity index (χ0n) is 18.5. The van der Waals surface area contributed by atoms with Gasteiger partial charge in [0.05, 0.1) is 4.90 Å². The number of carbonyl (C=O) groups is 1. The third-order valence-corrected chi connectivity index (χ3v) is 7.53. The molecule has 1 fully saturated rings. The highest BCUT2D eigenvalue weighted by atomic mass is 32.2. The van der Waals surface area contributed by atoms with Crippen LogP contribution in [0.2, 0.25) is 0 Å². The number of sulfonamides is 1. The van der Waals surface area contributed by atoms with Gasteiger partial charge >= 0.3 is 0 Å². The summed E-state index contributed by atoms with van der Waals surface area (Å²) in [6.07, 6.45) is 3.86. The number of carbonyl (C=O) groups excluding carboxylic acids is 1. The van der Waals surface area contributed by atoms with Crippen molar-refractivity contribution >= 4 is 32.5 Å². The lowest BCUT2D eigenvalue weighted by Gasteiger charge is -2.33. The van der Waals surface area contributed by atoms with E-state index in [0.29, 0.717) is 11.6 Å². The van der Waals surface area contributed by atoms with Crippen molar-refractivity contribution in [2.24, 2.45) is 13.0 Å². The molecule has 3 aromatic rings. The van der Waals surface area contributed by atoms with E-state index in [-0.39, 0.29) is 16.7 Å². The van der Waals surface area contributed by atoms with Crippen molar-refractivity contribution in [3.8, 4) is 0 Å². The summed E-state index contributed by atoms with van der Waals surface area (Å²) >= 11 is 0. The van der Waals surface area contributed by atoms with E-state index >= 15 is 0 Å². The number of rotatable bonds is 5. The molecule has 1 amide bonds. The molecule has 0 aliphatic carbocycles. The van der Waals surface area contributed by atoms with Gasteiger partial charge in [0.15, 0.2) is 0 Å². The molecule has 1 aliphatic rings. The number of aromatic nitrogens is 1. The molecule has 0 radical (unpaired) electrons. The minimum atomic E-state index is -3.82. The number of likely N-dealkylation sites (tertiary alicyclic amines) is 1. The number of nitrogens with one attached hydrogen (secondary N) is 1. The maximum absolute atomic E-state index is 13.2. The molecule has 1 aromatic heterocycles. The van der Waals surface area contributed by atoms with Crippen LogP contribution < -0.4 is 4.72 Å². The second-order valence-corrected chi connectivity index (χ2v) is 10.4. The lowest BCUT2D eigenvalue weighted by molar-refractivity contribution is -0.135. The van der Waals surface area contributed by atoms with E-state index in [1.165, 1.54) is 17.7 Å². The molecule has 0 saturated carbocycles. The van der Waals surface area contributed by atoms with E-state index < -0.39 is 15.8 Å². The zero-order chi connectivity index (χ0) is 23.0. The maximum Gasteiger partial charge on any atom is 0.261 e. The Morgan fingerprint density at radius 2 is 1.75 bits per heavy atom. The standard InChI is InChI=1S/C24H28FN3O3S/c1-16(2)24(29)28-12-10-17(11-13-28)22-15-27(3)23-9-6-19(14-21(22)23)26-32(30,31)20-7-4-18(25)5-8-20/h4-9,14-17,26H,10-13H2,1-3H3. The van der Waals surface area contributed by atoms with Crippen LogP contribution in [-0.4, -0.2) is 36.9 Å². The van der Waals surface area contributed by atoms with Crippen molar-refractivity contribution in [1.82, 2.24) is 9.47 Å². The Balaban J connectivity index is 1.59. The number of nitrogens with zero attached hydrogens (tertiary/aromatic N) is 2. The predicted octanol–water partition coefficient (Wildman–Crippen LogP) is 4.48. The number of benzene rings is 2. The fourth-order valence-electron chi connectivity index (χ4n) is 4.42. The number of halogens is 1. The smallest absolute Gasteiger partial charge is 0.261 e.